The van der Waals surface area contributed by atoms with E-state index in [0.717, 1.165) is 25.9 Å². The first kappa shape index (κ1) is 11.4. The van der Waals surface area contributed by atoms with E-state index >= 15 is 0 Å². The van der Waals surface area contributed by atoms with Crippen molar-refractivity contribution < 1.29 is 4.79 Å². The van der Waals surface area contributed by atoms with E-state index in [1.54, 1.807) is 12.1 Å². The molecular formula is C11H14ClN3O. The molecule has 4 nitrogen and oxygen atoms in total. The maximum absolute atomic E-state index is 12.0. The molecule has 2 heterocycles. The maximum Gasteiger partial charge on any atom is 0.255 e. The Kier molecular flexibility index (Phi) is 3.41. The number of piperidine rings is 1. The number of amides is 1. The second-order valence-corrected chi connectivity index (χ2v) is 4.39. The van der Waals surface area contributed by atoms with Crippen molar-refractivity contribution in [3.05, 3.63) is 29.0 Å². The summed E-state index contributed by atoms with van der Waals surface area (Å²) in [5.41, 5.74) is 6.37. The Labute approximate surface area is 99.4 Å². The summed E-state index contributed by atoms with van der Waals surface area (Å²) in [6.45, 7) is 1.45. The van der Waals surface area contributed by atoms with Gasteiger partial charge in [-0.2, -0.15) is 0 Å². The van der Waals surface area contributed by atoms with Crippen molar-refractivity contribution in [3.63, 3.8) is 0 Å². The lowest BCUT2D eigenvalue weighted by Crippen LogP contribution is -2.42. The fourth-order valence-corrected chi connectivity index (χ4v) is 1.90. The van der Waals surface area contributed by atoms with Gasteiger partial charge in [0.1, 0.15) is 5.15 Å². The van der Waals surface area contributed by atoms with Gasteiger partial charge in [-0.25, -0.2) is 4.98 Å². The predicted octanol–water partition coefficient (Wildman–Crippen LogP) is 1.30. The van der Waals surface area contributed by atoms with Gasteiger partial charge in [-0.3, -0.25) is 4.79 Å². The van der Waals surface area contributed by atoms with Gasteiger partial charge in [-0.1, -0.05) is 11.6 Å². The molecule has 5 heteroatoms. The molecule has 1 fully saturated rings. The lowest BCUT2D eigenvalue weighted by atomic mass is 10.1. The second-order valence-electron chi connectivity index (χ2n) is 4.00. The fourth-order valence-electron chi connectivity index (χ4n) is 1.79. The highest BCUT2D eigenvalue weighted by Gasteiger charge is 2.21. The van der Waals surface area contributed by atoms with Crippen molar-refractivity contribution in [2.24, 2.45) is 5.73 Å². The van der Waals surface area contributed by atoms with E-state index in [1.807, 2.05) is 4.90 Å². The molecule has 0 aromatic carbocycles. The summed E-state index contributed by atoms with van der Waals surface area (Å²) >= 11 is 5.67. The third kappa shape index (κ3) is 2.51. The van der Waals surface area contributed by atoms with E-state index in [4.69, 9.17) is 17.3 Å². The highest BCUT2D eigenvalue weighted by Crippen LogP contribution is 2.13. The van der Waals surface area contributed by atoms with Crippen LogP contribution in [-0.2, 0) is 0 Å². The van der Waals surface area contributed by atoms with Crippen molar-refractivity contribution >= 4 is 17.5 Å². The molecule has 0 radical (unpaired) electrons. The van der Waals surface area contributed by atoms with Gasteiger partial charge in [-0.05, 0) is 25.0 Å². The molecule has 86 valence electrons. The number of likely N-dealkylation sites (tertiary alicyclic amines) is 1. The van der Waals surface area contributed by atoms with Crippen molar-refractivity contribution in [1.29, 1.82) is 0 Å². The lowest BCUT2D eigenvalue weighted by Gasteiger charge is -2.30. The molecule has 1 aromatic rings. The van der Waals surface area contributed by atoms with Gasteiger partial charge >= 0.3 is 0 Å². The van der Waals surface area contributed by atoms with Crippen LogP contribution in [-0.4, -0.2) is 34.9 Å². The third-order valence-electron chi connectivity index (χ3n) is 2.80. The predicted molar refractivity (Wildman–Crippen MR) is 62.4 cm³/mol. The number of carbonyl (C=O) groups is 1. The maximum atomic E-state index is 12.0. The van der Waals surface area contributed by atoms with Crippen LogP contribution in [0.15, 0.2) is 18.3 Å². The van der Waals surface area contributed by atoms with E-state index < -0.39 is 0 Å². The van der Waals surface area contributed by atoms with Crippen LogP contribution in [0.25, 0.3) is 0 Å². The summed E-state index contributed by atoms with van der Waals surface area (Å²) in [5.74, 6) is 0.0102. The van der Waals surface area contributed by atoms with Crippen LogP contribution in [0.2, 0.25) is 5.15 Å². The van der Waals surface area contributed by atoms with Crippen LogP contribution < -0.4 is 5.73 Å². The Bertz CT molecular complexity index is 371. The number of aromatic nitrogens is 1. The van der Waals surface area contributed by atoms with Crippen molar-refractivity contribution in [2.75, 3.05) is 13.1 Å². The molecular weight excluding hydrogens is 226 g/mol. The molecule has 1 saturated heterocycles. The highest BCUT2D eigenvalue weighted by atomic mass is 35.5. The Morgan fingerprint density at radius 2 is 2.12 bits per heavy atom. The number of hydrogen-bond donors (Lipinski definition) is 1. The van der Waals surface area contributed by atoms with E-state index in [0.29, 0.717) is 10.7 Å². The van der Waals surface area contributed by atoms with Crippen LogP contribution in [0.4, 0.5) is 0 Å². The fraction of sp³-hybridized carbons (Fsp3) is 0.455. The zero-order valence-electron chi connectivity index (χ0n) is 8.90. The molecule has 1 amide bonds. The number of halogens is 1. The molecule has 0 bridgehead atoms. The first-order valence-electron chi connectivity index (χ1n) is 5.33. The summed E-state index contributed by atoms with van der Waals surface area (Å²) < 4.78 is 0. The topological polar surface area (TPSA) is 59.2 Å². The zero-order chi connectivity index (χ0) is 11.5. The standard InChI is InChI=1S/C11H14ClN3O/c12-10-2-1-8(7-14-10)11(16)15-5-3-9(13)4-6-15/h1-2,7,9H,3-6,13H2. The van der Waals surface area contributed by atoms with Gasteiger partial charge in [0.05, 0.1) is 5.56 Å². The smallest absolute Gasteiger partial charge is 0.255 e. The van der Waals surface area contributed by atoms with Crippen LogP contribution in [0, 0.1) is 0 Å². The summed E-state index contributed by atoms with van der Waals surface area (Å²) in [5, 5.41) is 0.400. The number of carbonyl (C=O) groups excluding carboxylic acids is 1. The molecule has 16 heavy (non-hydrogen) atoms. The average molecular weight is 240 g/mol. The minimum absolute atomic E-state index is 0.0102. The van der Waals surface area contributed by atoms with Gasteiger partial charge < -0.3 is 10.6 Å². The van der Waals surface area contributed by atoms with Gasteiger partial charge in [-0.15, -0.1) is 0 Å². The van der Waals surface area contributed by atoms with Crippen LogP contribution in [0.5, 0.6) is 0 Å². The molecule has 2 N–H and O–H groups in total. The Morgan fingerprint density at radius 1 is 1.44 bits per heavy atom. The van der Waals surface area contributed by atoms with Gasteiger partial charge in [0.2, 0.25) is 0 Å². The minimum Gasteiger partial charge on any atom is -0.338 e. The van der Waals surface area contributed by atoms with E-state index in [1.165, 1.54) is 6.20 Å². The SMILES string of the molecule is NC1CCN(C(=O)c2ccc(Cl)nc2)CC1. The number of rotatable bonds is 1. The number of pyridine rings is 1. The van der Waals surface area contributed by atoms with E-state index in [9.17, 15) is 4.79 Å². The Hall–Kier alpha value is -1.13. The Balaban J connectivity index is 2.05. The molecule has 0 atom stereocenters. The molecule has 0 saturated carbocycles. The minimum atomic E-state index is 0.0102. The molecule has 2 rings (SSSR count). The van der Waals surface area contributed by atoms with Crippen molar-refractivity contribution in [3.8, 4) is 0 Å². The Morgan fingerprint density at radius 3 is 2.69 bits per heavy atom. The average Bonchev–Trinajstić information content (AvgIpc) is 2.30. The van der Waals surface area contributed by atoms with Gasteiger partial charge in [0, 0.05) is 25.3 Å². The summed E-state index contributed by atoms with van der Waals surface area (Å²) in [6, 6.07) is 3.56. The van der Waals surface area contributed by atoms with E-state index in [2.05, 4.69) is 4.98 Å². The summed E-state index contributed by atoms with van der Waals surface area (Å²) in [7, 11) is 0. The van der Waals surface area contributed by atoms with Gasteiger partial charge in [0.15, 0.2) is 0 Å². The van der Waals surface area contributed by atoms with E-state index in [-0.39, 0.29) is 11.9 Å². The van der Waals surface area contributed by atoms with Crippen LogP contribution in [0.3, 0.4) is 0 Å². The zero-order valence-corrected chi connectivity index (χ0v) is 9.65. The monoisotopic (exact) mass is 239 g/mol. The number of nitrogens with zero attached hydrogens (tertiary/aromatic N) is 2. The summed E-state index contributed by atoms with van der Waals surface area (Å²) in [4.78, 5) is 17.7. The summed E-state index contributed by atoms with van der Waals surface area (Å²) in [6.07, 6.45) is 3.25. The molecule has 0 aliphatic carbocycles. The van der Waals surface area contributed by atoms with Crippen LogP contribution >= 0.6 is 11.6 Å². The number of nitrogens with two attached hydrogens (primary N) is 1. The van der Waals surface area contributed by atoms with Crippen molar-refractivity contribution in [1.82, 2.24) is 9.88 Å². The quantitative estimate of drug-likeness (QED) is 0.752. The highest BCUT2D eigenvalue weighted by molar-refractivity contribution is 6.29. The largest absolute Gasteiger partial charge is 0.338 e. The molecule has 1 aliphatic rings. The lowest BCUT2D eigenvalue weighted by molar-refractivity contribution is 0.0714. The number of hydrogen-bond acceptors (Lipinski definition) is 3. The normalized spacial score (nSPS) is 17.5. The first-order chi connectivity index (χ1) is 7.66. The van der Waals surface area contributed by atoms with Gasteiger partial charge in [0.25, 0.3) is 5.91 Å². The van der Waals surface area contributed by atoms with Crippen LogP contribution in [0.1, 0.15) is 23.2 Å². The third-order valence-corrected chi connectivity index (χ3v) is 3.02. The molecule has 1 aromatic heterocycles. The van der Waals surface area contributed by atoms with Crippen molar-refractivity contribution in [2.45, 2.75) is 18.9 Å². The first-order valence-corrected chi connectivity index (χ1v) is 5.71. The second kappa shape index (κ2) is 4.80. The molecule has 0 unspecified atom stereocenters. The molecule has 0 spiro atoms. The molecule has 1 aliphatic heterocycles.